The molecule has 1 aromatic heterocycles. The molecule has 0 atom stereocenters. The highest BCUT2D eigenvalue weighted by molar-refractivity contribution is 5.79. The van der Waals surface area contributed by atoms with Gasteiger partial charge in [0.1, 0.15) is 5.82 Å². The van der Waals surface area contributed by atoms with Crippen molar-refractivity contribution in [1.82, 2.24) is 9.55 Å². The fourth-order valence-electron chi connectivity index (χ4n) is 2.44. The Morgan fingerprint density at radius 3 is 2.52 bits per heavy atom. The Balaban J connectivity index is 1.98. The summed E-state index contributed by atoms with van der Waals surface area (Å²) >= 11 is 0. The number of nitrogens with zero attached hydrogens (tertiary/aromatic N) is 2. The van der Waals surface area contributed by atoms with Crippen LogP contribution in [0.2, 0.25) is 0 Å². The molecule has 3 nitrogen and oxygen atoms in total. The first-order chi connectivity index (χ1) is 10.4. The van der Waals surface area contributed by atoms with Crippen LogP contribution in [0, 0.1) is 0 Å². The van der Waals surface area contributed by atoms with Gasteiger partial charge in [-0.3, -0.25) is 0 Å². The molecule has 2 N–H and O–H groups in total. The summed E-state index contributed by atoms with van der Waals surface area (Å²) in [7, 11) is 0. The molecule has 0 aliphatic heterocycles. The third kappa shape index (κ3) is 3.03. The Hall–Kier alpha value is -2.39. The van der Waals surface area contributed by atoms with Crippen molar-refractivity contribution in [2.24, 2.45) is 5.73 Å². The molecule has 3 rings (SSSR count). The highest BCUT2D eigenvalue weighted by Crippen LogP contribution is 2.18. The summed E-state index contributed by atoms with van der Waals surface area (Å²) in [6.45, 7) is 1.58. The molecule has 0 amide bonds. The molecular weight excluding hydrogens is 258 g/mol. The van der Waals surface area contributed by atoms with Crippen LogP contribution in [-0.4, -0.2) is 16.1 Å². The largest absolute Gasteiger partial charge is 0.330 e. The third-order valence-corrected chi connectivity index (χ3v) is 3.49. The second-order valence-corrected chi connectivity index (χ2v) is 5.00. The summed E-state index contributed by atoms with van der Waals surface area (Å²) in [5, 5.41) is 0. The lowest BCUT2D eigenvalue weighted by Crippen LogP contribution is -2.07. The van der Waals surface area contributed by atoms with Crippen molar-refractivity contribution in [2.75, 3.05) is 6.54 Å². The minimum Gasteiger partial charge on any atom is -0.330 e. The van der Waals surface area contributed by atoms with E-state index in [0.29, 0.717) is 6.54 Å². The van der Waals surface area contributed by atoms with Gasteiger partial charge in [-0.15, -0.1) is 0 Å². The molecule has 3 heteroatoms. The second-order valence-electron chi connectivity index (χ2n) is 5.00. The van der Waals surface area contributed by atoms with Gasteiger partial charge in [0.25, 0.3) is 0 Å². The van der Waals surface area contributed by atoms with E-state index >= 15 is 0 Å². The molecule has 0 fully saturated rings. The van der Waals surface area contributed by atoms with Crippen LogP contribution in [0.3, 0.4) is 0 Å². The number of hydrogen-bond donors (Lipinski definition) is 1. The molecule has 0 saturated heterocycles. The molecule has 0 aliphatic rings. The van der Waals surface area contributed by atoms with Crippen LogP contribution < -0.4 is 5.73 Å². The second kappa shape index (κ2) is 6.37. The molecule has 1 heterocycles. The highest BCUT2D eigenvalue weighted by Gasteiger charge is 2.07. The van der Waals surface area contributed by atoms with E-state index in [4.69, 9.17) is 10.7 Å². The molecule has 0 aliphatic carbocycles. The van der Waals surface area contributed by atoms with E-state index < -0.39 is 0 Å². The van der Waals surface area contributed by atoms with Crippen LogP contribution in [0.15, 0.2) is 54.6 Å². The van der Waals surface area contributed by atoms with Crippen molar-refractivity contribution >= 4 is 23.2 Å². The number of fused-ring (bicyclic) bond motifs is 1. The normalized spacial score (nSPS) is 11.5. The zero-order chi connectivity index (χ0) is 14.5. The smallest absolute Gasteiger partial charge is 0.133 e. The fraction of sp³-hybridized carbons (Fsp3) is 0.167. The standard InChI is InChI=1S/C18H19N3/c19-13-6-14-21-17-10-5-4-9-16(17)20-18(21)12-11-15-7-2-1-3-8-15/h1-5,7-12H,6,13-14,19H2/b12-11+. The van der Waals surface area contributed by atoms with Crippen molar-refractivity contribution < 1.29 is 0 Å². The Labute approximate surface area is 124 Å². The van der Waals surface area contributed by atoms with E-state index in [2.05, 4.69) is 34.9 Å². The van der Waals surface area contributed by atoms with Crippen LogP contribution in [-0.2, 0) is 6.54 Å². The Morgan fingerprint density at radius 1 is 0.952 bits per heavy atom. The monoisotopic (exact) mass is 277 g/mol. The van der Waals surface area contributed by atoms with Crippen molar-refractivity contribution in [2.45, 2.75) is 13.0 Å². The average molecular weight is 277 g/mol. The molecule has 3 aromatic rings. The maximum absolute atomic E-state index is 5.65. The number of benzene rings is 2. The van der Waals surface area contributed by atoms with Crippen molar-refractivity contribution in [3.63, 3.8) is 0 Å². The van der Waals surface area contributed by atoms with Gasteiger partial charge in [0.15, 0.2) is 0 Å². The molecule has 21 heavy (non-hydrogen) atoms. The zero-order valence-electron chi connectivity index (χ0n) is 11.9. The van der Waals surface area contributed by atoms with Gasteiger partial charge in [0.05, 0.1) is 11.0 Å². The summed E-state index contributed by atoms with van der Waals surface area (Å²) in [5.41, 5.74) is 9.02. The first-order valence-electron chi connectivity index (χ1n) is 7.27. The van der Waals surface area contributed by atoms with E-state index in [-0.39, 0.29) is 0 Å². The van der Waals surface area contributed by atoms with E-state index in [1.54, 1.807) is 0 Å². The van der Waals surface area contributed by atoms with Crippen LogP contribution in [0.1, 0.15) is 17.8 Å². The summed E-state index contributed by atoms with van der Waals surface area (Å²) in [6.07, 6.45) is 5.12. The third-order valence-electron chi connectivity index (χ3n) is 3.49. The summed E-state index contributed by atoms with van der Waals surface area (Å²) in [4.78, 5) is 4.72. The number of aromatic nitrogens is 2. The first-order valence-corrected chi connectivity index (χ1v) is 7.27. The first kappa shape index (κ1) is 13.6. The number of aryl methyl sites for hydroxylation is 1. The van der Waals surface area contributed by atoms with Crippen LogP contribution in [0.4, 0.5) is 0 Å². The van der Waals surface area contributed by atoms with E-state index in [0.717, 1.165) is 24.3 Å². The van der Waals surface area contributed by atoms with Gasteiger partial charge in [0, 0.05) is 6.54 Å². The van der Waals surface area contributed by atoms with E-state index in [9.17, 15) is 0 Å². The van der Waals surface area contributed by atoms with Crippen molar-refractivity contribution in [3.05, 3.63) is 66.0 Å². The van der Waals surface area contributed by atoms with E-state index in [1.807, 2.05) is 36.4 Å². The van der Waals surface area contributed by atoms with Gasteiger partial charge >= 0.3 is 0 Å². The average Bonchev–Trinajstić information content (AvgIpc) is 2.89. The number of hydrogen-bond acceptors (Lipinski definition) is 2. The lowest BCUT2D eigenvalue weighted by Gasteiger charge is -2.05. The SMILES string of the molecule is NCCCn1c(/C=C/c2ccccc2)nc2ccccc21. The number of nitrogens with two attached hydrogens (primary N) is 1. The molecule has 0 spiro atoms. The number of imidazole rings is 1. The van der Waals surface area contributed by atoms with Crippen molar-refractivity contribution in [3.8, 4) is 0 Å². The van der Waals surface area contributed by atoms with Crippen LogP contribution in [0.25, 0.3) is 23.2 Å². The van der Waals surface area contributed by atoms with Gasteiger partial charge in [0.2, 0.25) is 0 Å². The topological polar surface area (TPSA) is 43.8 Å². The fourth-order valence-corrected chi connectivity index (χ4v) is 2.44. The maximum Gasteiger partial charge on any atom is 0.133 e. The zero-order valence-corrected chi connectivity index (χ0v) is 11.9. The minimum atomic E-state index is 0.689. The molecule has 0 unspecified atom stereocenters. The quantitative estimate of drug-likeness (QED) is 0.775. The molecule has 0 saturated carbocycles. The predicted molar refractivity (Wildman–Crippen MR) is 88.8 cm³/mol. The van der Waals surface area contributed by atoms with Gasteiger partial charge in [-0.05, 0) is 36.7 Å². The molecule has 0 radical (unpaired) electrons. The van der Waals surface area contributed by atoms with Gasteiger partial charge in [-0.2, -0.15) is 0 Å². The summed E-state index contributed by atoms with van der Waals surface area (Å²) < 4.78 is 2.24. The van der Waals surface area contributed by atoms with Gasteiger partial charge in [-0.25, -0.2) is 4.98 Å². The summed E-state index contributed by atoms with van der Waals surface area (Å²) in [6, 6.07) is 18.5. The lowest BCUT2D eigenvalue weighted by atomic mass is 10.2. The minimum absolute atomic E-state index is 0.689. The Kier molecular flexibility index (Phi) is 4.12. The predicted octanol–water partition coefficient (Wildman–Crippen LogP) is 3.56. The molecular formula is C18H19N3. The highest BCUT2D eigenvalue weighted by atomic mass is 15.1. The lowest BCUT2D eigenvalue weighted by molar-refractivity contribution is 0.661. The summed E-state index contributed by atoms with van der Waals surface area (Å²) in [5.74, 6) is 0.980. The Bertz CT molecular complexity index is 742. The Morgan fingerprint density at radius 2 is 1.71 bits per heavy atom. The van der Waals surface area contributed by atoms with E-state index in [1.165, 1.54) is 11.1 Å². The maximum atomic E-state index is 5.65. The van der Waals surface area contributed by atoms with Gasteiger partial charge < -0.3 is 10.3 Å². The number of rotatable bonds is 5. The molecule has 2 aromatic carbocycles. The van der Waals surface area contributed by atoms with Crippen LogP contribution in [0.5, 0.6) is 0 Å². The molecule has 0 bridgehead atoms. The molecule has 106 valence electrons. The number of para-hydroxylation sites is 2. The van der Waals surface area contributed by atoms with Gasteiger partial charge in [-0.1, -0.05) is 48.5 Å². The van der Waals surface area contributed by atoms with Crippen molar-refractivity contribution in [1.29, 1.82) is 0 Å². The van der Waals surface area contributed by atoms with Crippen LogP contribution >= 0.6 is 0 Å².